The van der Waals surface area contributed by atoms with Gasteiger partial charge in [0.2, 0.25) is 5.88 Å². The van der Waals surface area contributed by atoms with E-state index in [1.807, 2.05) is 0 Å². The van der Waals surface area contributed by atoms with E-state index in [2.05, 4.69) is 15.4 Å². The Morgan fingerprint density at radius 3 is 2.87 bits per heavy atom. The van der Waals surface area contributed by atoms with Crippen molar-refractivity contribution >= 4 is 28.3 Å². The Morgan fingerprint density at radius 1 is 1.39 bits per heavy atom. The number of carbonyl (C=O) groups is 2. The molecule has 0 spiro atoms. The molecule has 0 aromatic carbocycles. The molecule has 0 bridgehead atoms. The fourth-order valence-corrected chi connectivity index (χ4v) is 2.86. The first-order valence-electron chi connectivity index (χ1n) is 7.29. The van der Waals surface area contributed by atoms with E-state index >= 15 is 0 Å². The van der Waals surface area contributed by atoms with Crippen molar-refractivity contribution in [3.05, 3.63) is 23.3 Å². The minimum absolute atomic E-state index is 0.0440. The zero-order chi connectivity index (χ0) is 16.2. The van der Waals surface area contributed by atoms with E-state index in [1.54, 1.807) is 23.5 Å². The van der Waals surface area contributed by atoms with Gasteiger partial charge in [-0.2, -0.15) is 5.10 Å². The molecule has 0 aliphatic carbocycles. The summed E-state index contributed by atoms with van der Waals surface area (Å²) in [4.78, 5) is 29.8. The molecule has 0 unspecified atom stereocenters. The molecule has 2 amide bonds. The Bertz CT molecular complexity index is 691. The molecule has 1 aliphatic heterocycles. The molecule has 3 rings (SSSR count). The van der Waals surface area contributed by atoms with E-state index in [0.717, 1.165) is 25.9 Å². The molecule has 23 heavy (non-hydrogen) atoms. The van der Waals surface area contributed by atoms with E-state index in [0.29, 0.717) is 11.0 Å². The van der Waals surface area contributed by atoms with Crippen LogP contribution in [0.2, 0.25) is 0 Å². The first-order chi connectivity index (χ1) is 11.1. The molecule has 3 heterocycles. The highest BCUT2D eigenvalue weighted by molar-refractivity contribution is 7.13. The molecule has 0 atom stereocenters. The van der Waals surface area contributed by atoms with Crippen LogP contribution in [0.3, 0.4) is 0 Å². The highest BCUT2D eigenvalue weighted by atomic mass is 32.1. The van der Waals surface area contributed by atoms with Gasteiger partial charge in [0, 0.05) is 37.8 Å². The van der Waals surface area contributed by atoms with Gasteiger partial charge in [-0.25, -0.2) is 9.67 Å². The van der Waals surface area contributed by atoms with Crippen molar-refractivity contribution in [1.29, 1.82) is 0 Å². The fourth-order valence-electron chi connectivity index (χ4n) is 2.34. The van der Waals surface area contributed by atoms with Crippen LogP contribution in [0, 0.1) is 0 Å². The third-order valence-corrected chi connectivity index (χ3v) is 4.21. The van der Waals surface area contributed by atoms with Crippen LogP contribution in [0.15, 0.2) is 17.6 Å². The summed E-state index contributed by atoms with van der Waals surface area (Å²) in [6, 6.07) is 1.51. The number of amides is 2. The molecule has 2 aromatic heterocycles. The molecule has 2 aromatic rings. The summed E-state index contributed by atoms with van der Waals surface area (Å²) < 4.78 is 6.93. The smallest absolute Gasteiger partial charge is 0.278 e. The van der Waals surface area contributed by atoms with Crippen molar-refractivity contribution in [2.45, 2.75) is 12.8 Å². The van der Waals surface area contributed by atoms with Gasteiger partial charge >= 0.3 is 0 Å². The maximum absolute atomic E-state index is 12.1. The Hall–Kier alpha value is -2.42. The average molecular weight is 335 g/mol. The van der Waals surface area contributed by atoms with Crippen LogP contribution in [0.5, 0.6) is 5.88 Å². The number of aryl methyl sites for hydroxylation is 1. The van der Waals surface area contributed by atoms with Crippen molar-refractivity contribution in [3.8, 4) is 5.88 Å². The molecule has 0 saturated carbocycles. The van der Waals surface area contributed by atoms with Crippen LogP contribution in [0.1, 0.15) is 23.3 Å². The molecule has 1 fully saturated rings. The van der Waals surface area contributed by atoms with Crippen LogP contribution in [-0.2, 0) is 11.8 Å². The Balaban J connectivity index is 1.59. The third-order valence-electron chi connectivity index (χ3n) is 3.52. The number of hydrogen-bond donors (Lipinski definition) is 1. The summed E-state index contributed by atoms with van der Waals surface area (Å²) in [7, 11) is 1.66. The predicted molar refractivity (Wildman–Crippen MR) is 84.6 cm³/mol. The number of rotatable bonds is 5. The zero-order valence-corrected chi connectivity index (χ0v) is 13.5. The fraction of sp³-hybridized carbons (Fsp3) is 0.429. The Morgan fingerprint density at radius 2 is 2.17 bits per heavy atom. The highest BCUT2D eigenvalue weighted by Crippen LogP contribution is 2.16. The second-order valence-electron chi connectivity index (χ2n) is 5.16. The number of nitrogens with one attached hydrogen (secondary N) is 1. The summed E-state index contributed by atoms with van der Waals surface area (Å²) in [5, 5.41) is 9.03. The SMILES string of the molecule is Cn1nc(C(=O)Nc2nccs2)cc1OCC(=O)N1CCCC1. The summed E-state index contributed by atoms with van der Waals surface area (Å²) in [5.41, 5.74) is 0.214. The van der Waals surface area contributed by atoms with Crippen molar-refractivity contribution < 1.29 is 14.3 Å². The first-order valence-corrected chi connectivity index (χ1v) is 8.17. The lowest BCUT2D eigenvalue weighted by Gasteiger charge is -2.15. The molecule has 1 aliphatic rings. The topological polar surface area (TPSA) is 89.4 Å². The van der Waals surface area contributed by atoms with Gasteiger partial charge in [-0.1, -0.05) is 0 Å². The molecule has 122 valence electrons. The number of hydrogen-bond acceptors (Lipinski definition) is 6. The average Bonchev–Trinajstić information content (AvgIpc) is 3.27. The van der Waals surface area contributed by atoms with E-state index in [1.165, 1.54) is 22.1 Å². The minimum Gasteiger partial charge on any atom is -0.468 e. The number of likely N-dealkylation sites (tertiary alicyclic amines) is 1. The van der Waals surface area contributed by atoms with Crippen molar-refractivity contribution in [1.82, 2.24) is 19.7 Å². The van der Waals surface area contributed by atoms with E-state index in [9.17, 15) is 9.59 Å². The summed E-state index contributed by atoms with van der Waals surface area (Å²) in [5.74, 6) is -0.0319. The number of aromatic nitrogens is 3. The normalized spacial score (nSPS) is 14.0. The predicted octanol–water partition coefficient (Wildman–Crippen LogP) is 1.13. The number of carbonyl (C=O) groups excluding carboxylic acids is 2. The van der Waals surface area contributed by atoms with Gasteiger partial charge in [-0.3, -0.25) is 14.9 Å². The number of anilines is 1. The third kappa shape index (κ3) is 3.67. The van der Waals surface area contributed by atoms with Gasteiger partial charge in [0.05, 0.1) is 0 Å². The van der Waals surface area contributed by atoms with Crippen LogP contribution in [0.25, 0.3) is 0 Å². The standard InChI is InChI=1S/C14H17N5O3S/c1-18-12(22-9-11(20)19-5-2-3-6-19)8-10(17-18)13(21)16-14-15-4-7-23-14/h4,7-8H,2-3,5-6,9H2,1H3,(H,15,16,21). The lowest BCUT2D eigenvalue weighted by Crippen LogP contribution is -2.32. The Labute approximate surface area is 137 Å². The van der Waals surface area contributed by atoms with Crippen molar-refractivity contribution in [2.24, 2.45) is 7.05 Å². The molecule has 9 heteroatoms. The number of nitrogens with zero attached hydrogens (tertiary/aromatic N) is 4. The van der Waals surface area contributed by atoms with E-state index < -0.39 is 0 Å². The summed E-state index contributed by atoms with van der Waals surface area (Å²) in [6.45, 7) is 1.52. The van der Waals surface area contributed by atoms with Gasteiger partial charge in [-0.05, 0) is 12.8 Å². The maximum Gasteiger partial charge on any atom is 0.278 e. The second-order valence-corrected chi connectivity index (χ2v) is 6.05. The minimum atomic E-state index is -0.365. The summed E-state index contributed by atoms with van der Waals surface area (Å²) >= 11 is 1.33. The highest BCUT2D eigenvalue weighted by Gasteiger charge is 2.20. The number of thiazole rings is 1. The molecular weight excluding hydrogens is 318 g/mol. The first kappa shape index (κ1) is 15.5. The molecule has 8 nitrogen and oxygen atoms in total. The van der Waals surface area contributed by atoms with Gasteiger partial charge in [0.1, 0.15) is 0 Å². The van der Waals surface area contributed by atoms with E-state index in [-0.39, 0.29) is 24.1 Å². The number of ether oxygens (including phenoxy) is 1. The molecule has 1 N–H and O–H groups in total. The van der Waals surface area contributed by atoms with Crippen LogP contribution < -0.4 is 10.1 Å². The van der Waals surface area contributed by atoms with Gasteiger partial charge in [0.15, 0.2) is 17.4 Å². The largest absolute Gasteiger partial charge is 0.468 e. The van der Waals surface area contributed by atoms with Gasteiger partial charge in [-0.15, -0.1) is 11.3 Å². The van der Waals surface area contributed by atoms with Gasteiger partial charge < -0.3 is 9.64 Å². The lowest BCUT2D eigenvalue weighted by molar-refractivity contribution is -0.132. The quantitative estimate of drug-likeness (QED) is 0.885. The zero-order valence-electron chi connectivity index (χ0n) is 12.7. The maximum atomic E-state index is 12.1. The monoisotopic (exact) mass is 335 g/mol. The molecular formula is C14H17N5O3S. The van der Waals surface area contributed by atoms with Crippen molar-refractivity contribution in [3.63, 3.8) is 0 Å². The van der Waals surface area contributed by atoms with Gasteiger partial charge in [0.25, 0.3) is 11.8 Å². The van der Waals surface area contributed by atoms with Crippen LogP contribution in [-0.4, -0.2) is 51.2 Å². The Kier molecular flexibility index (Phi) is 4.56. The lowest BCUT2D eigenvalue weighted by atomic mass is 10.4. The van der Waals surface area contributed by atoms with Crippen LogP contribution >= 0.6 is 11.3 Å². The molecule has 1 saturated heterocycles. The second kappa shape index (κ2) is 6.78. The van der Waals surface area contributed by atoms with Crippen LogP contribution in [0.4, 0.5) is 5.13 Å². The summed E-state index contributed by atoms with van der Waals surface area (Å²) in [6.07, 6.45) is 3.69. The molecule has 0 radical (unpaired) electrons. The van der Waals surface area contributed by atoms with E-state index in [4.69, 9.17) is 4.74 Å². The van der Waals surface area contributed by atoms with Crippen molar-refractivity contribution in [2.75, 3.05) is 25.0 Å².